The Labute approximate surface area is 130 Å². The van der Waals surface area contributed by atoms with Gasteiger partial charge in [0.05, 0.1) is 22.7 Å². The summed E-state index contributed by atoms with van der Waals surface area (Å²) in [5, 5.41) is 24.1. The molecule has 1 aromatic rings. The topological polar surface area (TPSA) is 113 Å². The second kappa shape index (κ2) is 6.24. The number of hydrogen-bond donors (Lipinski definition) is 2. The van der Waals surface area contributed by atoms with E-state index in [0.717, 1.165) is 25.7 Å². The Morgan fingerprint density at radius 1 is 1.45 bits per heavy atom. The minimum atomic E-state index is -3.84. The molecular formula is C15H20N2O4S. The minimum Gasteiger partial charge on any atom is -0.492 e. The van der Waals surface area contributed by atoms with Gasteiger partial charge in [0.15, 0.2) is 0 Å². The van der Waals surface area contributed by atoms with E-state index in [1.54, 1.807) is 0 Å². The maximum atomic E-state index is 11.3. The van der Waals surface area contributed by atoms with Crippen molar-refractivity contribution in [2.45, 2.75) is 43.1 Å². The maximum absolute atomic E-state index is 11.3. The predicted octanol–water partition coefficient (Wildman–Crippen LogP) is 1.53. The molecule has 6 nitrogen and oxygen atoms in total. The third-order valence-corrected chi connectivity index (χ3v) is 4.97. The van der Waals surface area contributed by atoms with E-state index in [9.17, 15) is 13.5 Å². The van der Waals surface area contributed by atoms with Crippen molar-refractivity contribution in [3.8, 4) is 11.8 Å². The lowest BCUT2D eigenvalue weighted by Crippen LogP contribution is -2.32. The van der Waals surface area contributed by atoms with Crippen LogP contribution in [0.5, 0.6) is 5.75 Å². The zero-order chi connectivity index (χ0) is 16.4. The van der Waals surface area contributed by atoms with Crippen LogP contribution < -0.4 is 9.88 Å². The minimum absolute atomic E-state index is 0.106. The SMILES string of the molecule is C[C@]1(O)CC[C@@H](COc2ccc(S(N)(=O)=O)cc2C#N)CC1. The standard InChI is InChI=1S/C15H20N2O4S/c1-15(18)6-4-11(5-7-15)10-21-14-3-2-13(22(17,19)20)8-12(14)9-16/h2-3,8,11,18H,4-7,10H2,1H3,(H2,17,19,20)/t11-,15+. The number of nitriles is 1. The van der Waals surface area contributed by atoms with E-state index in [0.29, 0.717) is 18.3 Å². The summed E-state index contributed by atoms with van der Waals surface area (Å²) in [5.74, 6) is 0.678. The third kappa shape index (κ3) is 4.19. The summed E-state index contributed by atoms with van der Waals surface area (Å²) in [6.07, 6.45) is 3.20. The molecule has 3 N–H and O–H groups in total. The molecule has 2 rings (SSSR count). The Hall–Kier alpha value is -1.62. The van der Waals surface area contributed by atoms with Gasteiger partial charge in [-0.25, -0.2) is 13.6 Å². The molecule has 1 saturated carbocycles. The summed E-state index contributed by atoms with van der Waals surface area (Å²) >= 11 is 0. The highest BCUT2D eigenvalue weighted by molar-refractivity contribution is 7.89. The smallest absolute Gasteiger partial charge is 0.238 e. The van der Waals surface area contributed by atoms with Gasteiger partial charge >= 0.3 is 0 Å². The van der Waals surface area contributed by atoms with Crippen LogP contribution in [0, 0.1) is 17.2 Å². The fraction of sp³-hybridized carbons (Fsp3) is 0.533. The predicted molar refractivity (Wildman–Crippen MR) is 80.6 cm³/mol. The highest BCUT2D eigenvalue weighted by atomic mass is 32.2. The van der Waals surface area contributed by atoms with Crippen molar-refractivity contribution in [2.75, 3.05) is 6.61 Å². The second-order valence-corrected chi connectivity index (χ2v) is 7.63. The quantitative estimate of drug-likeness (QED) is 0.872. The summed E-state index contributed by atoms with van der Waals surface area (Å²) in [6, 6.07) is 5.93. The van der Waals surface area contributed by atoms with Gasteiger partial charge in [-0.2, -0.15) is 5.26 Å². The summed E-state index contributed by atoms with van der Waals surface area (Å²) in [7, 11) is -3.84. The molecule has 0 unspecified atom stereocenters. The number of hydrogen-bond acceptors (Lipinski definition) is 5. The van der Waals surface area contributed by atoms with Gasteiger partial charge in [-0.1, -0.05) is 0 Å². The number of rotatable bonds is 4. The molecule has 1 fully saturated rings. The molecule has 1 aliphatic rings. The monoisotopic (exact) mass is 324 g/mol. The molecule has 120 valence electrons. The van der Waals surface area contributed by atoms with Gasteiger partial charge in [-0.05, 0) is 56.7 Å². The first kappa shape index (κ1) is 16.7. The van der Waals surface area contributed by atoms with Gasteiger partial charge in [0.25, 0.3) is 0 Å². The van der Waals surface area contributed by atoms with Crippen molar-refractivity contribution in [3.63, 3.8) is 0 Å². The largest absolute Gasteiger partial charge is 0.492 e. The Morgan fingerprint density at radius 3 is 2.64 bits per heavy atom. The van der Waals surface area contributed by atoms with Gasteiger partial charge in [0.1, 0.15) is 11.8 Å². The Kier molecular flexibility index (Phi) is 4.75. The van der Waals surface area contributed by atoms with Crippen LogP contribution in [0.25, 0.3) is 0 Å². The maximum Gasteiger partial charge on any atom is 0.238 e. The highest BCUT2D eigenvalue weighted by Crippen LogP contribution is 2.32. The second-order valence-electron chi connectivity index (χ2n) is 6.07. The molecule has 0 atom stereocenters. The van der Waals surface area contributed by atoms with E-state index in [2.05, 4.69) is 0 Å². The lowest BCUT2D eigenvalue weighted by Gasteiger charge is -2.32. The Morgan fingerprint density at radius 2 is 2.09 bits per heavy atom. The summed E-state index contributed by atoms with van der Waals surface area (Å²) in [4.78, 5) is -0.106. The van der Waals surface area contributed by atoms with Crippen molar-refractivity contribution in [2.24, 2.45) is 11.1 Å². The molecule has 0 bridgehead atoms. The molecule has 0 radical (unpaired) electrons. The molecule has 0 spiro atoms. The van der Waals surface area contributed by atoms with Crippen LogP contribution >= 0.6 is 0 Å². The van der Waals surface area contributed by atoms with Crippen molar-refractivity contribution in [1.82, 2.24) is 0 Å². The average molecular weight is 324 g/mol. The molecule has 0 aliphatic heterocycles. The number of benzene rings is 1. The summed E-state index contributed by atoms with van der Waals surface area (Å²) in [5.41, 5.74) is -0.444. The van der Waals surface area contributed by atoms with Crippen LogP contribution in [0.3, 0.4) is 0 Å². The van der Waals surface area contributed by atoms with E-state index in [1.807, 2.05) is 13.0 Å². The molecule has 0 aromatic heterocycles. The van der Waals surface area contributed by atoms with Crippen LogP contribution in [-0.2, 0) is 10.0 Å². The lowest BCUT2D eigenvalue weighted by atomic mass is 9.80. The van der Waals surface area contributed by atoms with Crippen LogP contribution in [0.1, 0.15) is 38.2 Å². The number of primary sulfonamides is 1. The first-order valence-corrected chi connectivity index (χ1v) is 8.68. The van der Waals surface area contributed by atoms with Crippen LogP contribution in [-0.4, -0.2) is 25.7 Å². The fourth-order valence-electron chi connectivity index (χ4n) is 2.57. The molecule has 0 amide bonds. The number of nitrogens with zero attached hydrogens (tertiary/aromatic N) is 1. The number of aliphatic hydroxyl groups is 1. The van der Waals surface area contributed by atoms with Gasteiger partial charge in [0.2, 0.25) is 10.0 Å². The lowest BCUT2D eigenvalue weighted by molar-refractivity contribution is 0.00151. The van der Waals surface area contributed by atoms with Crippen molar-refractivity contribution in [1.29, 1.82) is 5.26 Å². The molecule has 0 saturated heterocycles. The summed E-state index contributed by atoms with van der Waals surface area (Å²) in [6.45, 7) is 2.28. The van der Waals surface area contributed by atoms with Crippen LogP contribution in [0.4, 0.5) is 0 Å². The number of ether oxygens (including phenoxy) is 1. The molecular weight excluding hydrogens is 304 g/mol. The molecule has 1 aromatic carbocycles. The van der Waals surface area contributed by atoms with Crippen molar-refractivity contribution in [3.05, 3.63) is 23.8 Å². The highest BCUT2D eigenvalue weighted by Gasteiger charge is 2.29. The van der Waals surface area contributed by atoms with Gasteiger partial charge in [-0.3, -0.25) is 0 Å². The van der Waals surface area contributed by atoms with E-state index >= 15 is 0 Å². The normalized spacial score (nSPS) is 25.5. The third-order valence-electron chi connectivity index (χ3n) is 4.06. The first-order chi connectivity index (χ1) is 10.2. The van der Waals surface area contributed by atoms with E-state index < -0.39 is 15.6 Å². The molecule has 7 heteroatoms. The average Bonchev–Trinajstić information content (AvgIpc) is 2.45. The van der Waals surface area contributed by atoms with Crippen molar-refractivity contribution >= 4 is 10.0 Å². The fourth-order valence-corrected chi connectivity index (χ4v) is 3.11. The summed E-state index contributed by atoms with van der Waals surface area (Å²) < 4.78 is 28.2. The van der Waals surface area contributed by atoms with E-state index in [-0.39, 0.29) is 10.5 Å². The van der Waals surface area contributed by atoms with Gasteiger partial charge < -0.3 is 9.84 Å². The van der Waals surface area contributed by atoms with Crippen LogP contribution in [0.2, 0.25) is 0 Å². The first-order valence-electron chi connectivity index (χ1n) is 7.13. The van der Waals surface area contributed by atoms with Crippen LogP contribution in [0.15, 0.2) is 23.1 Å². The molecule has 1 aliphatic carbocycles. The number of nitrogens with two attached hydrogens (primary N) is 1. The van der Waals surface area contributed by atoms with Gasteiger partial charge in [-0.15, -0.1) is 0 Å². The molecule has 0 heterocycles. The van der Waals surface area contributed by atoms with Gasteiger partial charge in [0, 0.05) is 0 Å². The van der Waals surface area contributed by atoms with Crippen molar-refractivity contribution < 1.29 is 18.3 Å². The Bertz CT molecular complexity index is 682. The molecule has 22 heavy (non-hydrogen) atoms. The Balaban J connectivity index is 2.03. The zero-order valence-electron chi connectivity index (χ0n) is 12.4. The van der Waals surface area contributed by atoms with E-state index in [1.165, 1.54) is 18.2 Å². The number of sulfonamides is 1. The zero-order valence-corrected chi connectivity index (χ0v) is 13.3. The van der Waals surface area contributed by atoms with E-state index in [4.69, 9.17) is 15.1 Å².